The molecule has 0 saturated carbocycles. The van der Waals surface area contributed by atoms with E-state index in [9.17, 15) is 0 Å². The maximum absolute atomic E-state index is 3.51. The van der Waals surface area contributed by atoms with Crippen LogP contribution in [-0.4, -0.2) is 0 Å². The van der Waals surface area contributed by atoms with Crippen LogP contribution in [0.5, 0.6) is 0 Å². The average Bonchev–Trinajstić information content (AvgIpc) is 1.88. The molecule has 0 aliphatic carbocycles. The molecule has 0 aliphatic heterocycles. The van der Waals surface area contributed by atoms with Crippen LogP contribution in [0.1, 0.15) is 39.5 Å². The first-order chi connectivity index (χ1) is 4.68. The van der Waals surface area contributed by atoms with Gasteiger partial charge in [0.15, 0.2) is 0 Å². The highest BCUT2D eigenvalue weighted by Gasteiger charge is 1.94. The van der Waals surface area contributed by atoms with Gasteiger partial charge < -0.3 is 0 Å². The highest BCUT2D eigenvalue weighted by Crippen LogP contribution is 2.22. The van der Waals surface area contributed by atoms with E-state index >= 15 is 0 Å². The van der Waals surface area contributed by atoms with Gasteiger partial charge >= 0.3 is 0 Å². The lowest BCUT2D eigenvalue weighted by Gasteiger charge is -1.98. The van der Waals surface area contributed by atoms with Crippen molar-refractivity contribution in [2.75, 3.05) is 0 Å². The minimum absolute atomic E-state index is 1.17. The summed E-state index contributed by atoms with van der Waals surface area (Å²) in [7, 11) is 0. The zero-order chi connectivity index (χ0) is 7.98. The molecule has 2 heteroatoms. The maximum Gasteiger partial charge on any atom is 0.00489 e. The molecule has 0 rings (SSSR count). The molecule has 0 aliphatic rings. The van der Waals surface area contributed by atoms with Crippen LogP contribution in [0.25, 0.3) is 0 Å². The second kappa shape index (κ2) is 6.41. The summed E-state index contributed by atoms with van der Waals surface area (Å²) < 4.78 is 2.53. The molecule has 0 heterocycles. The second-order valence-corrected chi connectivity index (χ2v) is 4.54. The van der Waals surface area contributed by atoms with E-state index in [2.05, 4.69) is 45.7 Å². The Morgan fingerprint density at radius 3 is 2.20 bits per heavy atom. The second-order valence-electron chi connectivity index (χ2n) is 2.40. The average molecular weight is 270 g/mol. The highest BCUT2D eigenvalue weighted by molar-refractivity contribution is 9.14. The molecule has 0 fully saturated rings. The van der Waals surface area contributed by atoms with Crippen LogP contribution in [0, 0.1) is 0 Å². The third-order valence-electron chi connectivity index (χ3n) is 1.37. The van der Waals surface area contributed by atoms with Crippen LogP contribution in [0.4, 0.5) is 0 Å². The van der Waals surface area contributed by atoms with Gasteiger partial charge in [-0.05, 0) is 19.8 Å². The summed E-state index contributed by atoms with van der Waals surface area (Å²) in [5.74, 6) is 0. The topological polar surface area (TPSA) is 0 Å². The molecular weight excluding hydrogens is 256 g/mol. The van der Waals surface area contributed by atoms with Crippen LogP contribution < -0.4 is 0 Å². The number of rotatable bonds is 4. The van der Waals surface area contributed by atoms with Gasteiger partial charge in [0, 0.05) is 8.96 Å². The monoisotopic (exact) mass is 268 g/mol. The van der Waals surface area contributed by atoms with Crippen LogP contribution in [-0.2, 0) is 0 Å². The zero-order valence-corrected chi connectivity index (χ0v) is 9.76. The van der Waals surface area contributed by atoms with Crippen molar-refractivity contribution >= 4 is 31.9 Å². The van der Waals surface area contributed by atoms with Gasteiger partial charge in [0.2, 0.25) is 0 Å². The van der Waals surface area contributed by atoms with E-state index in [1.54, 1.807) is 0 Å². The first kappa shape index (κ1) is 10.7. The molecule has 0 nitrogen and oxygen atoms in total. The Morgan fingerprint density at radius 1 is 1.20 bits per heavy atom. The molecular formula is C8H14Br2. The van der Waals surface area contributed by atoms with E-state index in [1.165, 1.54) is 34.6 Å². The molecule has 0 bridgehead atoms. The predicted molar refractivity (Wildman–Crippen MR) is 54.7 cm³/mol. The van der Waals surface area contributed by atoms with Crippen molar-refractivity contribution < 1.29 is 0 Å². The standard InChI is InChI=1S/C8H14Br2/c1-3-4-5-6-8(10)7(2)9/h3-6H2,1-2H3/b8-7+. The summed E-state index contributed by atoms with van der Waals surface area (Å²) in [6, 6.07) is 0. The first-order valence-electron chi connectivity index (χ1n) is 3.69. The SMILES string of the molecule is CCCCC/C(Br)=C(/C)Br. The van der Waals surface area contributed by atoms with E-state index in [0.717, 1.165) is 0 Å². The third-order valence-corrected chi connectivity index (χ3v) is 3.38. The van der Waals surface area contributed by atoms with Crippen molar-refractivity contribution in [2.24, 2.45) is 0 Å². The molecule has 0 unspecified atom stereocenters. The summed E-state index contributed by atoms with van der Waals surface area (Å²) in [5, 5.41) is 0. The molecule has 0 radical (unpaired) electrons. The Labute approximate surface area is 80.3 Å². The Balaban J connectivity index is 3.40. The smallest absolute Gasteiger partial charge is 0.00489 e. The number of halogens is 2. The maximum atomic E-state index is 3.51. The lowest BCUT2D eigenvalue weighted by molar-refractivity contribution is 0.726. The number of hydrogen-bond donors (Lipinski definition) is 0. The van der Waals surface area contributed by atoms with Crippen LogP contribution >= 0.6 is 31.9 Å². The fourth-order valence-corrected chi connectivity index (χ4v) is 1.18. The van der Waals surface area contributed by atoms with Crippen molar-refractivity contribution in [3.63, 3.8) is 0 Å². The van der Waals surface area contributed by atoms with E-state index < -0.39 is 0 Å². The highest BCUT2D eigenvalue weighted by atomic mass is 79.9. The Morgan fingerprint density at radius 2 is 1.80 bits per heavy atom. The number of hydrogen-bond acceptors (Lipinski definition) is 0. The summed E-state index contributed by atoms with van der Waals surface area (Å²) in [5.41, 5.74) is 0. The number of allylic oxidation sites excluding steroid dienone is 2. The van der Waals surface area contributed by atoms with Crippen molar-refractivity contribution in [3.8, 4) is 0 Å². The van der Waals surface area contributed by atoms with Crippen LogP contribution in [0.3, 0.4) is 0 Å². The first-order valence-corrected chi connectivity index (χ1v) is 5.27. The molecule has 10 heavy (non-hydrogen) atoms. The predicted octanol–water partition coefficient (Wildman–Crippen LogP) is 4.59. The molecule has 0 aromatic carbocycles. The molecule has 0 amide bonds. The van der Waals surface area contributed by atoms with Gasteiger partial charge in [0.1, 0.15) is 0 Å². The fourth-order valence-electron chi connectivity index (χ4n) is 0.702. The van der Waals surface area contributed by atoms with Gasteiger partial charge in [0.05, 0.1) is 0 Å². The van der Waals surface area contributed by atoms with E-state index in [0.29, 0.717) is 0 Å². The Hall–Kier alpha value is 0.700. The molecule has 0 N–H and O–H groups in total. The van der Waals surface area contributed by atoms with Gasteiger partial charge in [-0.25, -0.2) is 0 Å². The zero-order valence-electron chi connectivity index (χ0n) is 6.58. The largest absolute Gasteiger partial charge is 0.0654 e. The van der Waals surface area contributed by atoms with Gasteiger partial charge in [-0.3, -0.25) is 0 Å². The lowest BCUT2D eigenvalue weighted by atomic mass is 10.2. The van der Waals surface area contributed by atoms with Gasteiger partial charge in [0.25, 0.3) is 0 Å². The van der Waals surface area contributed by atoms with E-state index in [-0.39, 0.29) is 0 Å². The molecule has 0 atom stereocenters. The van der Waals surface area contributed by atoms with Crippen molar-refractivity contribution in [1.82, 2.24) is 0 Å². The minimum atomic E-state index is 1.17. The molecule has 0 aromatic rings. The van der Waals surface area contributed by atoms with Crippen LogP contribution in [0.15, 0.2) is 8.96 Å². The number of unbranched alkanes of at least 4 members (excludes halogenated alkanes) is 2. The van der Waals surface area contributed by atoms with Crippen LogP contribution in [0.2, 0.25) is 0 Å². The van der Waals surface area contributed by atoms with Gasteiger partial charge in [-0.1, -0.05) is 51.6 Å². The van der Waals surface area contributed by atoms with E-state index in [4.69, 9.17) is 0 Å². The lowest BCUT2D eigenvalue weighted by Crippen LogP contribution is -1.76. The third kappa shape index (κ3) is 5.48. The molecule has 0 saturated heterocycles. The van der Waals surface area contributed by atoms with Crippen molar-refractivity contribution in [3.05, 3.63) is 8.96 Å². The van der Waals surface area contributed by atoms with Crippen molar-refractivity contribution in [2.45, 2.75) is 39.5 Å². The quantitative estimate of drug-likeness (QED) is 0.655. The van der Waals surface area contributed by atoms with Crippen molar-refractivity contribution in [1.29, 1.82) is 0 Å². The summed E-state index contributed by atoms with van der Waals surface area (Å²) in [4.78, 5) is 0. The Bertz CT molecular complexity index is 112. The van der Waals surface area contributed by atoms with E-state index in [1.807, 2.05) is 0 Å². The molecule has 60 valence electrons. The van der Waals surface area contributed by atoms with Gasteiger partial charge in [-0.2, -0.15) is 0 Å². The molecule has 0 aromatic heterocycles. The summed E-state index contributed by atoms with van der Waals surface area (Å²) in [6.07, 6.45) is 5.09. The Kier molecular flexibility index (Phi) is 6.86. The normalized spacial score (nSPS) is 13.2. The summed E-state index contributed by atoms with van der Waals surface area (Å²) >= 11 is 6.93. The minimum Gasteiger partial charge on any atom is -0.0654 e. The summed E-state index contributed by atoms with van der Waals surface area (Å²) in [6.45, 7) is 4.29. The van der Waals surface area contributed by atoms with Gasteiger partial charge in [-0.15, -0.1) is 0 Å². The fraction of sp³-hybridized carbons (Fsp3) is 0.750. The molecule has 0 spiro atoms.